The van der Waals surface area contributed by atoms with E-state index in [2.05, 4.69) is 24.9 Å². The molecule has 0 spiro atoms. The number of oxime groups is 1. The number of aliphatic hydroxyl groups excluding tert-OH is 2. The zero-order valence-corrected chi connectivity index (χ0v) is 45.4. The summed E-state index contributed by atoms with van der Waals surface area (Å²) in [6.45, 7) is 12.8. The maximum absolute atomic E-state index is 15.4. The first kappa shape index (κ1) is 56.9. The van der Waals surface area contributed by atoms with Crippen molar-refractivity contribution in [2.24, 2.45) is 22.9 Å². The summed E-state index contributed by atoms with van der Waals surface area (Å²) in [7, 11) is 3.07. The standard InChI is InChI=1S/C60H83N3O12/c1-8-10-11-12-13-14-15-16-17-24-55(66)63(39-41-25-29-51-53(34-41)71-40-70-51)54-38-49(62-75-59(3,4)5)46-35-42(22-18-20-31-64)45(23-19-21-32-65)56-47-36-44(27-30-50(47)74-60(54,57(46)56)72-33-9-2)73-58(67)61-48-28-26-43(68-6)37-52(48)69-7/h9,25-30,34-37,42,45,54,56-57,64-65H,2,8,10-24,31-33,38-40H2,1,3-7H3,(H,61,67)/t42-,45+,54-,56+,57+,60+/m0/s1. The summed E-state index contributed by atoms with van der Waals surface area (Å²) in [6, 6.07) is 15.6. The largest absolute Gasteiger partial charge is 0.497 e. The number of rotatable bonds is 29. The predicted octanol–water partition coefficient (Wildman–Crippen LogP) is 12.4. The van der Waals surface area contributed by atoms with Crippen LogP contribution >= 0.6 is 0 Å². The van der Waals surface area contributed by atoms with Crippen LogP contribution < -0.4 is 33.7 Å². The van der Waals surface area contributed by atoms with Gasteiger partial charge in [-0.1, -0.05) is 94.5 Å². The number of carbonyl (C=O) groups excluding carboxylic acids is 2. The second-order valence-corrected chi connectivity index (χ2v) is 21.3. The monoisotopic (exact) mass is 1040 g/mol. The maximum Gasteiger partial charge on any atom is 0.417 e. The Kier molecular flexibility index (Phi) is 20.7. The zero-order chi connectivity index (χ0) is 53.4. The van der Waals surface area contributed by atoms with Crippen LogP contribution in [-0.4, -0.2) is 91.1 Å². The Morgan fingerprint density at radius 3 is 2.25 bits per heavy atom. The van der Waals surface area contributed by atoms with Crippen molar-refractivity contribution >= 4 is 23.4 Å². The average molecular weight is 1040 g/mol. The van der Waals surface area contributed by atoms with Gasteiger partial charge in [0.1, 0.15) is 34.6 Å². The number of benzene rings is 3. The van der Waals surface area contributed by atoms with E-state index in [4.69, 9.17) is 43.2 Å². The van der Waals surface area contributed by atoms with Crippen molar-refractivity contribution in [1.29, 1.82) is 0 Å². The van der Waals surface area contributed by atoms with Crippen LogP contribution in [0.4, 0.5) is 10.5 Å². The Morgan fingerprint density at radius 2 is 1.55 bits per heavy atom. The quantitative estimate of drug-likeness (QED) is 0.0341. The summed E-state index contributed by atoms with van der Waals surface area (Å²) in [4.78, 5) is 37.5. The third kappa shape index (κ3) is 14.4. The van der Waals surface area contributed by atoms with Gasteiger partial charge in [0, 0.05) is 50.1 Å². The molecule has 0 radical (unpaired) electrons. The van der Waals surface area contributed by atoms with E-state index >= 15 is 4.79 Å². The second-order valence-electron chi connectivity index (χ2n) is 21.3. The molecule has 410 valence electrons. The van der Waals surface area contributed by atoms with Gasteiger partial charge in [-0.25, -0.2) is 4.79 Å². The molecule has 3 aromatic rings. The summed E-state index contributed by atoms with van der Waals surface area (Å²) in [6.07, 6.45) is 18.3. The van der Waals surface area contributed by atoms with E-state index in [0.29, 0.717) is 65.2 Å². The van der Waals surface area contributed by atoms with Gasteiger partial charge in [0.05, 0.1) is 38.1 Å². The third-order valence-corrected chi connectivity index (χ3v) is 14.9. The number of unbranched alkanes of at least 4 members (excludes halogenated alkanes) is 10. The van der Waals surface area contributed by atoms with E-state index < -0.39 is 29.4 Å². The molecule has 2 amide bonds. The summed E-state index contributed by atoms with van der Waals surface area (Å²) in [5.41, 5.74) is 3.04. The molecule has 4 aliphatic rings. The smallest absolute Gasteiger partial charge is 0.417 e. The lowest BCUT2D eigenvalue weighted by atomic mass is 9.55. The molecule has 2 aliphatic heterocycles. The molecule has 1 saturated carbocycles. The maximum atomic E-state index is 15.4. The highest BCUT2D eigenvalue weighted by molar-refractivity contribution is 6.03. The van der Waals surface area contributed by atoms with Gasteiger partial charge in [0.25, 0.3) is 0 Å². The topological polar surface area (TPSA) is 176 Å². The molecule has 2 aliphatic carbocycles. The molecule has 15 nitrogen and oxygen atoms in total. The van der Waals surface area contributed by atoms with Gasteiger partial charge >= 0.3 is 6.09 Å². The SMILES string of the molecule is C=CCO[C@@]12Oc3ccc(OC(=O)Nc4ccc(OC)cc4OC)cc3[C@H]3[C@H](CCCCO)[C@@H](CCCCO)C=C(C(=NOC(C)(C)C)C[C@@H]1N(Cc1ccc4c(c1)OCO4)C(=O)CCCCCCCCCCC)[C@H]32. The number of aliphatic hydroxyl groups is 2. The second kappa shape index (κ2) is 27.3. The van der Waals surface area contributed by atoms with Crippen LogP contribution in [0.25, 0.3) is 0 Å². The van der Waals surface area contributed by atoms with Gasteiger partial charge in [-0.05, 0) is 118 Å². The number of nitrogens with zero attached hydrogens (tertiary/aromatic N) is 2. The summed E-state index contributed by atoms with van der Waals surface area (Å²) >= 11 is 0. The summed E-state index contributed by atoms with van der Waals surface area (Å²) in [5, 5.41) is 28.1. The van der Waals surface area contributed by atoms with E-state index in [1.807, 2.05) is 56.0 Å². The molecule has 75 heavy (non-hydrogen) atoms. The molecule has 0 unspecified atom stereocenters. The molecule has 3 N–H and O–H groups in total. The normalized spacial score (nSPS) is 21.8. The molecule has 7 rings (SSSR count). The Bertz CT molecular complexity index is 2430. The highest BCUT2D eigenvalue weighted by Gasteiger charge is 2.65. The number of methoxy groups -OCH3 is 2. The molecule has 0 aromatic heterocycles. The van der Waals surface area contributed by atoms with Gasteiger partial charge in [0.2, 0.25) is 18.5 Å². The number of allylic oxidation sites excluding steroid dienone is 1. The molecule has 2 heterocycles. The molecule has 3 aromatic carbocycles. The fraction of sp³-hybridized carbons (Fsp3) is 0.583. The van der Waals surface area contributed by atoms with Crippen molar-refractivity contribution in [1.82, 2.24) is 4.90 Å². The fourth-order valence-corrected chi connectivity index (χ4v) is 11.4. The predicted molar refractivity (Wildman–Crippen MR) is 290 cm³/mol. The van der Waals surface area contributed by atoms with Crippen LogP contribution in [0.3, 0.4) is 0 Å². The van der Waals surface area contributed by atoms with Crippen molar-refractivity contribution in [2.45, 2.75) is 167 Å². The van der Waals surface area contributed by atoms with Crippen LogP contribution in [-0.2, 0) is 20.9 Å². The van der Waals surface area contributed by atoms with Crippen LogP contribution in [0.2, 0.25) is 0 Å². The van der Waals surface area contributed by atoms with Crippen molar-refractivity contribution < 1.29 is 57.8 Å². The van der Waals surface area contributed by atoms with Crippen molar-refractivity contribution in [3.63, 3.8) is 0 Å². The van der Waals surface area contributed by atoms with Crippen LogP contribution in [0.15, 0.2) is 84.1 Å². The summed E-state index contributed by atoms with van der Waals surface area (Å²) in [5.74, 6) is 0.606. The number of hydrogen-bond donors (Lipinski definition) is 3. The molecule has 0 saturated heterocycles. The molecular formula is C60H83N3O12. The lowest BCUT2D eigenvalue weighted by Crippen LogP contribution is -2.70. The number of hydrogen-bond acceptors (Lipinski definition) is 13. The van der Waals surface area contributed by atoms with E-state index in [9.17, 15) is 15.0 Å². The van der Waals surface area contributed by atoms with E-state index in [0.717, 1.165) is 68.1 Å². The molecule has 1 fully saturated rings. The number of amides is 2. The van der Waals surface area contributed by atoms with Gasteiger partial charge in [-0.2, -0.15) is 0 Å². The highest BCUT2D eigenvalue weighted by Crippen LogP contribution is 2.62. The Labute approximate surface area is 444 Å². The Morgan fingerprint density at radius 1 is 0.840 bits per heavy atom. The van der Waals surface area contributed by atoms with Crippen molar-refractivity contribution in [3.8, 4) is 34.5 Å². The van der Waals surface area contributed by atoms with E-state index in [-0.39, 0.29) is 63.2 Å². The van der Waals surface area contributed by atoms with Gasteiger partial charge in [0.15, 0.2) is 11.5 Å². The highest BCUT2D eigenvalue weighted by atomic mass is 16.7. The minimum atomic E-state index is -1.49. The summed E-state index contributed by atoms with van der Waals surface area (Å²) < 4.78 is 43.4. The Balaban J connectivity index is 1.36. The average Bonchev–Trinajstić information content (AvgIpc) is 3.89. The number of anilines is 1. The molecule has 0 bridgehead atoms. The molecule has 15 heteroatoms. The fourth-order valence-electron chi connectivity index (χ4n) is 11.4. The number of ether oxygens (including phenoxy) is 7. The third-order valence-electron chi connectivity index (χ3n) is 14.9. The number of fused-ring (bicyclic) bond motifs is 3. The minimum absolute atomic E-state index is 0.000596. The van der Waals surface area contributed by atoms with Crippen LogP contribution in [0, 0.1) is 17.8 Å². The zero-order valence-electron chi connectivity index (χ0n) is 45.4. The lowest BCUT2D eigenvalue weighted by Gasteiger charge is -2.60. The van der Waals surface area contributed by atoms with E-state index in [1.165, 1.54) is 39.2 Å². The molecular weight excluding hydrogens is 955 g/mol. The van der Waals surface area contributed by atoms with Crippen molar-refractivity contribution in [2.75, 3.05) is 46.1 Å². The van der Waals surface area contributed by atoms with Crippen LogP contribution in [0.5, 0.6) is 34.5 Å². The minimum Gasteiger partial charge on any atom is -0.497 e. The number of carbonyl (C=O) groups is 2. The van der Waals surface area contributed by atoms with E-state index in [1.54, 1.807) is 37.5 Å². The lowest BCUT2D eigenvalue weighted by molar-refractivity contribution is -0.258. The Hall–Kier alpha value is -5.77. The van der Waals surface area contributed by atoms with Crippen molar-refractivity contribution in [3.05, 3.63) is 90.0 Å². The van der Waals surface area contributed by atoms with Gasteiger partial charge in [-0.3, -0.25) is 10.1 Å². The van der Waals surface area contributed by atoms with Gasteiger partial charge < -0.3 is 53.1 Å². The first-order chi connectivity index (χ1) is 36.4. The first-order valence-corrected chi connectivity index (χ1v) is 27.5. The number of nitrogens with one attached hydrogen (secondary N) is 1. The van der Waals surface area contributed by atoms with Crippen LogP contribution in [0.1, 0.15) is 154 Å². The van der Waals surface area contributed by atoms with Gasteiger partial charge in [-0.15, -0.1) is 6.58 Å². The molecule has 6 atom stereocenters. The first-order valence-electron chi connectivity index (χ1n) is 27.5.